The van der Waals surface area contributed by atoms with Crippen LogP contribution in [0.3, 0.4) is 0 Å². The van der Waals surface area contributed by atoms with E-state index in [1.54, 1.807) is 56.2 Å². The summed E-state index contributed by atoms with van der Waals surface area (Å²) >= 11 is 0. The van der Waals surface area contributed by atoms with Gasteiger partial charge >= 0.3 is 6.09 Å². The molecule has 0 aliphatic carbocycles. The van der Waals surface area contributed by atoms with Crippen molar-refractivity contribution >= 4 is 21.6 Å². The number of carbonyl (C=O) groups is 1. The Morgan fingerprint density at radius 1 is 1.08 bits per heavy atom. The first-order valence-electron chi connectivity index (χ1n) is 11.8. The van der Waals surface area contributed by atoms with Gasteiger partial charge in [0.1, 0.15) is 22.2 Å². The maximum Gasteiger partial charge on any atom is 0.411 e. The van der Waals surface area contributed by atoms with Gasteiger partial charge in [-0.1, -0.05) is 0 Å². The van der Waals surface area contributed by atoms with Crippen LogP contribution in [0.2, 0.25) is 0 Å². The zero-order chi connectivity index (χ0) is 27.6. The molecule has 8 nitrogen and oxygen atoms in total. The Morgan fingerprint density at radius 2 is 1.79 bits per heavy atom. The molecule has 2 aromatic carbocycles. The number of pyridine rings is 1. The Balaban J connectivity index is 2.02. The van der Waals surface area contributed by atoms with E-state index >= 15 is 0 Å². The van der Waals surface area contributed by atoms with Crippen LogP contribution in [0.15, 0.2) is 70.8 Å². The molecule has 0 spiro atoms. The number of carbonyl (C=O) groups excluding carboxylic acids is 1. The third-order valence-corrected chi connectivity index (χ3v) is 7.60. The van der Waals surface area contributed by atoms with E-state index < -0.39 is 32.5 Å². The number of ether oxygens (including phenoxy) is 1. The topological polar surface area (TPSA) is 103 Å². The highest BCUT2D eigenvalue weighted by Crippen LogP contribution is 2.41. The summed E-state index contributed by atoms with van der Waals surface area (Å²) in [5.41, 5.74) is 2.35. The van der Waals surface area contributed by atoms with E-state index in [2.05, 4.69) is 15.4 Å². The smallest absolute Gasteiger partial charge is 0.411 e. The average Bonchev–Trinajstić information content (AvgIpc) is 3.30. The number of halogens is 2. The standard InChI is InChI=1S/C27H26F2N4O4S/c1-5-33-15-20(18-10-12-30-13-11-18)26(32-33)25-17(4)22(31-27(34)37-16(2)3)8-9-23(25)38(35,36)24-14-19(28)6-7-21(24)29/h6-16H,5H2,1-4H3,(H,31,34). The number of aromatic nitrogens is 3. The highest BCUT2D eigenvalue weighted by Gasteiger charge is 2.30. The Hall–Kier alpha value is -4.12. The molecule has 4 aromatic rings. The van der Waals surface area contributed by atoms with Crippen LogP contribution in [-0.2, 0) is 21.1 Å². The number of anilines is 1. The number of nitrogens with one attached hydrogen (secondary N) is 1. The van der Waals surface area contributed by atoms with Crippen LogP contribution in [0.25, 0.3) is 22.4 Å². The third kappa shape index (κ3) is 5.28. The van der Waals surface area contributed by atoms with E-state index in [0.29, 0.717) is 29.3 Å². The second-order valence-corrected chi connectivity index (χ2v) is 10.6. The molecular formula is C27H26F2N4O4S. The maximum absolute atomic E-state index is 14.7. The van der Waals surface area contributed by atoms with Crippen molar-refractivity contribution in [1.29, 1.82) is 0 Å². The fourth-order valence-electron chi connectivity index (χ4n) is 4.01. The van der Waals surface area contributed by atoms with Gasteiger partial charge in [0.25, 0.3) is 0 Å². The molecule has 38 heavy (non-hydrogen) atoms. The van der Waals surface area contributed by atoms with Gasteiger partial charge in [0.2, 0.25) is 9.84 Å². The van der Waals surface area contributed by atoms with Crippen LogP contribution < -0.4 is 5.32 Å². The third-order valence-electron chi connectivity index (χ3n) is 5.79. The molecule has 0 fully saturated rings. The van der Waals surface area contributed by atoms with Gasteiger partial charge in [-0.3, -0.25) is 15.0 Å². The first-order valence-corrected chi connectivity index (χ1v) is 13.3. The quantitative estimate of drug-likeness (QED) is 0.308. The van der Waals surface area contributed by atoms with Gasteiger partial charge in [-0.2, -0.15) is 5.10 Å². The lowest BCUT2D eigenvalue weighted by molar-refractivity contribution is 0.130. The Kier molecular flexibility index (Phi) is 7.58. The largest absolute Gasteiger partial charge is 0.447 e. The van der Waals surface area contributed by atoms with Crippen molar-refractivity contribution in [2.24, 2.45) is 0 Å². The molecule has 0 unspecified atom stereocenters. The first-order chi connectivity index (χ1) is 18.0. The van der Waals surface area contributed by atoms with Crippen molar-refractivity contribution in [2.75, 3.05) is 5.32 Å². The van der Waals surface area contributed by atoms with Crippen LogP contribution >= 0.6 is 0 Å². The lowest BCUT2D eigenvalue weighted by Gasteiger charge is -2.18. The summed E-state index contributed by atoms with van der Waals surface area (Å²) in [5, 5.41) is 7.27. The van der Waals surface area contributed by atoms with Crippen molar-refractivity contribution in [2.45, 2.75) is 50.1 Å². The Bertz CT molecular complexity index is 1600. The number of hydrogen-bond donors (Lipinski definition) is 1. The molecule has 0 bridgehead atoms. The highest BCUT2D eigenvalue weighted by atomic mass is 32.2. The van der Waals surface area contributed by atoms with E-state index in [4.69, 9.17) is 4.74 Å². The fourth-order valence-corrected chi connectivity index (χ4v) is 5.60. The second-order valence-electron chi connectivity index (χ2n) is 8.75. The molecular weight excluding hydrogens is 514 g/mol. The molecule has 0 atom stereocenters. The van der Waals surface area contributed by atoms with E-state index in [-0.39, 0.29) is 27.9 Å². The zero-order valence-electron chi connectivity index (χ0n) is 21.2. The monoisotopic (exact) mass is 540 g/mol. The van der Waals surface area contributed by atoms with E-state index in [0.717, 1.165) is 12.1 Å². The number of rotatable bonds is 7. The molecule has 1 amide bonds. The Morgan fingerprint density at radius 3 is 2.45 bits per heavy atom. The van der Waals surface area contributed by atoms with Crippen LogP contribution in [-0.4, -0.2) is 35.4 Å². The summed E-state index contributed by atoms with van der Waals surface area (Å²) in [6.45, 7) is 7.36. The molecule has 4 rings (SSSR count). The van der Waals surface area contributed by atoms with Gasteiger partial charge in [0.05, 0.1) is 11.0 Å². The first kappa shape index (κ1) is 26.9. The van der Waals surface area contributed by atoms with E-state index in [9.17, 15) is 22.0 Å². The van der Waals surface area contributed by atoms with Gasteiger partial charge in [0.15, 0.2) is 0 Å². The summed E-state index contributed by atoms with van der Waals surface area (Å²) in [6, 6.07) is 8.38. The summed E-state index contributed by atoms with van der Waals surface area (Å²) in [5.74, 6) is -1.99. The summed E-state index contributed by atoms with van der Waals surface area (Å²) in [6.07, 6.45) is 3.83. The SMILES string of the molecule is CCn1cc(-c2ccncc2)c(-c2c(S(=O)(=O)c3cc(F)ccc3F)ccc(NC(=O)OC(C)C)c2C)n1. The van der Waals surface area contributed by atoms with Gasteiger partial charge in [-0.05, 0) is 81.3 Å². The van der Waals surface area contributed by atoms with Crippen molar-refractivity contribution < 1.29 is 26.7 Å². The molecule has 0 saturated heterocycles. The molecule has 2 heterocycles. The maximum atomic E-state index is 14.7. The van der Waals surface area contributed by atoms with Gasteiger partial charge in [-0.15, -0.1) is 0 Å². The highest BCUT2D eigenvalue weighted by molar-refractivity contribution is 7.91. The van der Waals surface area contributed by atoms with E-state index in [1.165, 1.54) is 12.1 Å². The van der Waals surface area contributed by atoms with Crippen LogP contribution in [0.5, 0.6) is 0 Å². The minimum Gasteiger partial charge on any atom is -0.447 e. The number of aryl methyl sites for hydroxylation is 1. The number of amides is 1. The minimum absolute atomic E-state index is 0.134. The van der Waals surface area contributed by atoms with Gasteiger partial charge in [0, 0.05) is 41.9 Å². The fraction of sp³-hybridized carbons (Fsp3) is 0.222. The lowest BCUT2D eigenvalue weighted by atomic mass is 9.98. The summed E-state index contributed by atoms with van der Waals surface area (Å²) in [7, 11) is -4.57. The molecule has 0 aliphatic heterocycles. The summed E-state index contributed by atoms with van der Waals surface area (Å²) < 4.78 is 63.1. The number of nitrogens with zero attached hydrogens (tertiary/aromatic N) is 3. The van der Waals surface area contributed by atoms with Crippen molar-refractivity contribution in [3.05, 3.63) is 78.3 Å². The van der Waals surface area contributed by atoms with Crippen molar-refractivity contribution in [3.63, 3.8) is 0 Å². The van der Waals surface area contributed by atoms with E-state index in [1.807, 2.05) is 6.92 Å². The van der Waals surface area contributed by atoms with Crippen molar-refractivity contribution in [3.8, 4) is 22.4 Å². The second kappa shape index (κ2) is 10.7. The van der Waals surface area contributed by atoms with Crippen LogP contribution in [0.1, 0.15) is 26.3 Å². The Labute approximate surface area is 219 Å². The zero-order valence-corrected chi connectivity index (χ0v) is 22.0. The minimum atomic E-state index is -4.57. The van der Waals surface area contributed by atoms with Gasteiger partial charge < -0.3 is 4.74 Å². The normalized spacial score (nSPS) is 11.6. The molecule has 1 N–H and O–H groups in total. The molecule has 198 valence electrons. The van der Waals surface area contributed by atoms with Gasteiger partial charge in [-0.25, -0.2) is 22.0 Å². The number of sulfone groups is 1. The molecule has 2 aromatic heterocycles. The van der Waals surface area contributed by atoms with Crippen LogP contribution in [0, 0.1) is 18.6 Å². The van der Waals surface area contributed by atoms with Crippen molar-refractivity contribution in [1.82, 2.24) is 14.8 Å². The lowest BCUT2D eigenvalue weighted by Crippen LogP contribution is -2.19. The number of benzene rings is 2. The molecule has 0 aliphatic rings. The molecule has 0 saturated carbocycles. The average molecular weight is 541 g/mol. The van der Waals surface area contributed by atoms with Crippen LogP contribution in [0.4, 0.5) is 19.3 Å². The number of hydrogen-bond acceptors (Lipinski definition) is 6. The summed E-state index contributed by atoms with van der Waals surface area (Å²) in [4.78, 5) is 15.3. The predicted molar refractivity (Wildman–Crippen MR) is 138 cm³/mol. The molecule has 11 heteroatoms. The predicted octanol–water partition coefficient (Wildman–Crippen LogP) is 6.01. The molecule has 0 radical (unpaired) electrons.